The van der Waals surface area contributed by atoms with Gasteiger partial charge in [-0.1, -0.05) is 18.2 Å². The first-order valence-electron chi connectivity index (χ1n) is 7.36. The van der Waals surface area contributed by atoms with Gasteiger partial charge in [-0.25, -0.2) is 4.79 Å². The molecule has 1 aromatic rings. The van der Waals surface area contributed by atoms with Crippen molar-refractivity contribution in [3.8, 4) is 0 Å². The monoisotopic (exact) mass is 374 g/mol. The maximum Gasteiger partial charge on any atom is 0.416 e. The normalized spacial score (nSPS) is 17.8. The van der Waals surface area contributed by atoms with Crippen LogP contribution in [0.25, 0.3) is 0 Å². The lowest BCUT2D eigenvalue weighted by atomic mass is 9.92. The minimum absolute atomic E-state index is 0.00972. The van der Waals surface area contributed by atoms with E-state index in [0.29, 0.717) is 5.70 Å². The number of nitrogens with one attached hydrogen (secondary N) is 2. The van der Waals surface area contributed by atoms with Crippen LogP contribution in [0.1, 0.15) is 24.1 Å². The molecule has 2 rings (SSSR count). The molecular formula is C16H17F3N2O3S. The van der Waals surface area contributed by atoms with Crippen molar-refractivity contribution in [1.29, 1.82) is 0 Å². The highest BCUT2D eigenvalue weighted by molar-refractivity contribution is 7.80. The first kappa shape index (κ1) is 19.2. The molecule has 0 radical (unpaired) electrons. The standard InChI is InChI=1S/C16H17F3N2O3S/c1-9-12(14(22)24-8-7-23-2)13(21-15(25)20-9)10-5-3-4-6-11(10)16(17,18)19/h3-6,13H,7-8H2,1-2H3,(H2,20,21,25)/t13-/m1/s1. The van der Waals surface area contributed by atoms with E-state index >= 15 is 0 Å². The SMILES string of the molecule is COCCOC(=O)C1=C(C)NC(=S)N[C@@H]1c1ccccc1C(F)(F)F. The number of alkyl halides is 3. The van der Waals surface area contributed by atoms with Gasteiger partial charge < -0.3 is 20.1 Å². The maximum atomic E-state index is 13.3. The summed E-state index contributed by atoms with van der Waals surface area (Å²) in [6.45, 7) is 1.73. The summed E-state index contributed by atoms with van der Waals surface area (Å²) in [7, 11) is 1.45. The fourth-order valence-electron chi connectivity index (χ4n) is 2.50. The highest BCUT2D eigenvalue weighted by Crippen LogP contribution is 2.38. The summed E-state index contributed by atoms with van der Waals surface area (Å²) in [6, 6.07) is 3.97. The van der Waals surface area contributed by atoms with E-state index in [1.54, 1.807) is 6.92 Å². The zero-order valence-electron chi connectivity index (χ0n) is 13.6. The average Bonchev–Trinajstić information content (AvgIpc) is 2.53. The van der Waals surface area contributed by atoms with Crippen molar-refractivity contribution in [2.24, 2.45) is 0 Å². The van der Waals surface area contributed by atoms with Gasteiger partial charge in [0.2, 0.25) is 0 Å². The Morgan fingerprint density at radius 1 is 1.28 bits per heavy atom. The summed E-state index contributed by atoms with van der Waals surface area (Å²) >= 11 is 5.03. The van der Waals surface area contributed by atoms with E-state index < -0.39 is 23.8 Å². The molecule has 1 aromatic carbocycles. The molecule has 1 aliphatic rings. The maximum absolute atomic E-state index is 13.3. The van der Waals surface area contributed by atoms with Crippen LogP contribution in [0.15, 0.2) is 35.5 Å². The molecule has 0 unspecified atom stereocenters. The minimum atomic E-state index is -4.57. The molecule has 0 saturated heterocycles. The lowest BCUT2D eigenvalue weighted by molar-refractivity contribution is -0.142. The number of rotatable bonds is 5. The number of hydrogen-bond donors (Lipinski definition) is 2. The molecule has 1 atom stereocenters. The van der Waals surface area contributed by atoms with Gasteiger partial charge in [0.25, 0.3) is 0 Å². The number of methoxy groups -OCH3 is 1. The van der Waals surface area contributed by atoms with Crippen molar-refractivity contribution in [2.75, 3.05) is 20.3 Å². The Morgan fingerprint density at radius 3 is 2.60 bits per heavy atom. The Bertz CT molecular complexity index is 704. The topological polar surface area (TPSA) is 59.6 Å². The van der Waals surface area contributed by atoms with Crippen molar-refractivity contribution >= 4 is 23.3 Å². The number of benzene rings is 1. The molecule has 1 heterocycles. The molecule has 5 nitrogen and oxygen atoms in total. The molecular weight excluding hydrogens is 357 g/mol. The summed E-state index contributed by atoms with van der Waals surface area (Å²) in [5.41, 5.74) is -0.557. The lowest BCUT2D eigenvalue weighted by Crippen LogP contribution is -2.45. The van der Waals surface area contributed by atoms with Crippen molar-refractivity contribution in [3.05, 3.63) is 46.7 Å². The van der Waals surface area contributed by atoms with Crippen LogP contribution < -0.4 is 10.6 Å². The van der Waals surface area contributed by atoms with Gasteiger partial charge in [0.05, 0.1) is 23.8 Å². The van der Waals surface area contributed by atoms with Crippen LogP contribution in [-0.4, -0.2) is 31.4 Å². The second-order valence-corrected chi connectivity index (χ2v) is 5.69. The first-order chi connectivity index (χ1) is 11.8. The Balaban J connectivity index is 2.45. The largest absolute Gasteiger partial charge is 0.460 e. The molecule has 0 aliphatic carbocycles. The molecule has 9 heteroatoms. The van der Waals surface area contributed by atoms with Gasteiger partial charge in [-0.2, -0.15) is 13.2 Å². The summed E-state index contributed by atoms with van der Waals surface area (Å²) in [4.78, 5) is 12.4. The van der Waals surface area contributed by atoms with Crippen LogP contribution in [0.3, 0.4) is 0 Å². The summed E-state index contributed by atoms with van der Waals surface area (Å²) in [5, 5.41) is 5.60. The van der Waals surface area contributed by atoms with Crippen LogP contribution in [0.4, 0.5) is 13.2 Å². The predicted octanol–water partition coefficient (Wildman–Crippen LogP) is 2.69. The fraction of sp³-hybridized carbons (Fsp3) is 0.375. The Morgan fingerprint density at radius 2 is 1.96 bits per heavy atom. The smallest absolute Gasteiger partial charge is 0.416 e. The second-order valence-electron chi connectivity index (χ2n) is 5.28. The Labute approximate surface area is 148 Å². The van der Waals surface area contributed by atoms with Crippen LogP contribution >= 0.6 is 12.2 Å². The average molecular weight is 374 g/mol. The number of ether oxygens (including phenoxy) is 2. The van der Waals surface area contributed by atoms with Gasteiger partial charge in [-0.05, 0) is 30.8 Å². The number of halogens is 3. The van der Waals surface area contributed by atoms with E-state index in [1.165, 1.54) is 25.3 Å². The van der Waals surface area contributed by atoms with Gasteiger partial charge >= 0.3 is 12.1 Å². The summed E-state index contributed by atoms with van der Waals surface area (Å²) < 4.78 is 49.9. The van der Waals surface area contributed by atoms with Crippen molar-refractivity contribution in [3.63, 3.8) is 0 Å². The number of hydrogen-bond acceptors (Lipinski definition) is 4. The zero-order valence-corrected chi connectivity index (χ0v) is 14.4. The number of carbonyl (C=O) groups excluding carboxylic acids is 1. The van der Waals surface area contributed by atoms with E-state index in [4.69, 9.17) is 21.7 Å². The van der Waals surface area contributed by atoms with E-state index in [0.717, 1.165) is 6.07 Å². The van der Waals surface area contributed by atoms with Crippen LogP contribution in [0.5, 0.6) is 0 Å². The van der Waals surface area contributed by atoms with E-state index in [2.05, 4.69) is 10.6 Å². The molecule has 2 N–H and O–H groups in total. The molecule has 0 spiro atoms. The summed E-state index contributed by atoms with van der Waals surface area (Å²) in [5.74, 6) is -0.737. The van der Waals surface area contributed by atoms with E-state index in [1.807, 2.05) is 0 Å². The predicted molar refractivity (Wildman–Crippen MR) is 88.6 cm³/mol. The lowest BCUT2D eigenvalue weighted by Gasteiger charge is -2.31. The molecule has 1 aliphatic heterocycles. The van der Waals surface area contributed by atoms with Gasteiger partial charge in [-0.3, -0.25) is 0 Å². The molecule has 0 aromatic heterocycles. The third kappa shape index (κ3) is 4.49. The number of carbonyl (C=O) groups is 1. The van der Waals surface area contributed by atoms with Crippen molar-refractivity contribution in [2.45, 2.75) is 19.1 Å². The van der Waals surface area contributed by atoms with Crippen LogP contribution in [0, 0.1) is 0 Å². The van der Waals surface area contributed by atoms with Gasteiger partial charge in [-0.15, -0.1) is 0 Å². The third-order valence-electron chi connectivity index (χ3n) is 3.59. The minimum Gasteiger partial charge on any atom is -0.460 e. The number of esters is 1. The van der Waals surface area contributed by atoms with Crippen LogP contribution in [0.2, 0.25) is 0 Å². The highest BCUT2D eigenvalue weighted by atomic mass is 32.1. The number of thiocarbonyl (C=S) groups is 1. The van der Waals surface area contributed by atoms with E-state index in [9.17, 15) is 18.0 Å². The van der Waals surface area contributed by atoms with Gasteiger partial charge in [0, 0.05) is 12.8 Å². The zero-order chi connectivity index (χ0) is 18.6. The quantitative estimate of drug-likeness (QED) is 0.470. The molecule has 136 valence electrons. The molecule has 25 heavy (non-hydrogen) atoms. The van der Waals surface area contributed by atoms with Gasteiger partial charge in [0.15, 0.2) is 5.11 Å². The highest BCUT2D eigenvalue weighted by Gasteiger charge is 2.39. The molecule has 0 bridgehead atoms. The Kier molecular flexibility index (Phi) is 6.02. The fourth-order valence-corrected chi connectivity index (χ4v) is 2.77. The first-order valence-corrected chi connectivity index (χ1v) is 7.77. The Hall–Kier alpha value is -2.13. The summed E-state index contributed by atoms with van der Waals surface area (Å²) in [6.07, 6.45) is -4.57. The second kappa shape index (κ2) is 7.83. The molecule has 0 fully saturated rings. The van der Waals surface area contributed by atoms with Crippen molar-refractivity contribution in [1.82, 2.24) is 10.6 Å². The van der Waals surface area contributed by atoms with Crippen LogP contribution in [-0.2, 0) is 20.4 Å². The van der Waals surface area contributed by atoms with Gasteiger partial charge in [0.1, 0.15) is 6.61 Å². The third-order valence-corrected chi connectivity index (χ3v) is 3.81. The van der Waals surface area contributed by atoms with Crippen molar-refractivity contribution < 1.29 is 27.4 Å². The number of allylic oxidation sites excluding steroid dienone is 1. The van der Waals surface area contributed by atoms with E-state index in [-0.39, 0.29) is 29.5 Å². The molecule has 0 saturated carbocycles. The molecule has 0 amide bonds.